The zero-order valence-corrected chi connectivity index (χ0v) is 11.7. The lowest BCUT2D eigenvalue weighted by Gasteiger charge is -2.22. The Morgan fingerprint density at radius 3 is 2.56 bits per heavy atom. The molecule has 104 valence electrons. The minimum absolute atomic E-state index is 0.354. The van der Waals surface area contributed by atoms with Gasteiger partial charge in [0, 0.05) is 19.1 Å². The molecule has 1 aliphatic rings. The first-order chi connectivity index (χ1) is 8.54. The van der Waals surface area contributed by atoms with Gasteiger partial charge in [-0.2, -0.15) is 0 Å². The number of nitrogens with zero attached hydrogens (tertiary/aromatic N) is 1. The van der Waals surface area contributed by atoms with Crippen LogP contribution in [0.5, 0.6) is 0 Å². The summed E-state index contributed by atoms with van der Waals surface area (Å²) in [5.41, 5.74) is 0. The van der Waals surface area contributed by atoms with Crippen LogP contribution < -0.4 is 10.6 Å². The lowest BCUT2D eigenvalue weighted by atomic mass is 10.2. The molecule has 0 radical (unpaired) electrons. The van der Waals surface area contributed by atoms with E-state index in [1.165, 1.54) is 6.42 Å². The maximum Gasteiger partial charge on any atom is 0.309 e. The molecule has 0 aliphatic carbocycles. The number of carbonyl (C=O) groups excluding carboxylic acids is 2. The molecular weight excluding hydrogens is 230 g/mol. The highest BCUT2D eigenvalue weighted by molar-refractivity contribution is 6.35. The molecule has 1 rings (SSSR count). The highest BCUT2D eigenvalue weighted by Crippen LogP contribution is 2.15. The fourth-order valence-electron chi connectivity index (χ4n) is 2.21. The van der Waals surface area contributed by atoms with E-state index in [-0.39, 0.29) is 0 Å². The molecule has 18 heavy (non-hydrogen) atoms. The van der Waals surface area contributed by atoms with Crippen molar-refractivity contribution in [2.45, 2.75) is 39.7 Å². The number of amides is 2. The smallest absolute Gasteiger partial charge is 0.309 e. The van der Waals surface area contributed by atoms with Gasteiger partial charge in [-0.25, -0.2) is 0 Å². The van der Waals surface area contributed by atoms with E-state index < -0.39 is 11.8 Å². The van der Waals surface area contributed by atoms with Crippen LogP contribution in [0.1, 0.15) is 33.6 Å². The number of rotatable bonds is 5. The van der Waals surface area contributed by atoms with Crippen molar-refractivity contribution >= 4 is 11.8 Å². The average molecular weight is 255 g/mol. The largest absolute Gasteiger partial charge is 0.348 e. The highest BCUT2D eigenvalue weighted by Gasteiger charge is 2.24. The quantitative estimate of drug-likeness (QED) is 0.697. The molecule has 2 amide bonds. The molecule has 0 spiro atoms. The SMILES string of the molecule is CCN1CCC[C@@H]1CNC(=O)C(=O)NCC(C)C. The van der Waals surface area contributed by atoms with Crippen molar-refractivity contribution < 1.29 is 9.59 Å². The molecule has 0 aromatic rings. The highest BCUT2D eigenvalue weighted by atomic mass is 16.2. The first-order valence-corrected chi connectivity index (χ1v) is 6.84. The first kappa shape index (κ1) is 15.0. The molecule has 5 heteroatoms. The molecule has 5 nitrogen and oxygen atoms in total. The van der Waals surface area contributed by atoms with E-state index in [1.807, 2.05) is 13.8 Å². The molecule has 0 saturated carbocycles. The van der Waals surface area contributed by atoms with E-state index in [0.717, 1.165) is 19.5 Å². The predicted octanol–water partition coefficient (Wildman–Crippen LogP) is 0.359. The third-order valence-electron chi connectivity index (χ3n) is 3.28. The van der Waals surface area contributed by atoms with Crippen molar-refractivity contribution in [2.75, 3.05) is 26.2 Å². The van der Waals surface area contributed by atoms with Crippen molar-refractivity contribution in [3.05, 3.63) is 0 Å². The molecule has 1 fully saturated rings. The lowest BCUT2D eigenvalue weighted by molar-refractivity contribution is -0.139. The Labute approximate surface area is 109 Å². The molecule has 0 unspecified atom stereocenters. The van der Waals surface area contributed by atoms with Gasteiger partial charge in [0.2, 0.25) is 0 Å². The summed E-state index contributed by atoms with van der Waals surface area (Å²) in [5, 5.41) is 5.34. The second kappa shape index (κ2) is 7.36. The minimum atomic E-state index is -0.523. The monoisotopic (exact) mass is 255 g/mol. The summed E-state index contributed by atoms with van der Waals surface area (Å²) in [6, 6.07) is 0.386. The summed E-state index contributed by atoms with van der Waals surface area (Å²) in [4.78, 5) is 25.4. The third-order valence-corrected chi connectivity index (χ3v) is 3.28. The Balaban J connectivity index is 2.25. The van der Waals surface area contributed by atoms with Gasteiger partial charge >= 0.3 is 11.8 Å². The molecular formula is C13H25N3O2. The van der Waals surface area contributed by atoms with Gasteiger partial charge < -0.3 is 10.6 Å². The normalized spacial score (nSPS) is 20.1. The summed E-state index contributed by atoms with van der Waals surface area (Å²) < 4.78 is 0. The molecule has 0 aromatic carbocycles. The van der Waals surface area contributed by atoms with Gasteiger partial charge in [-0.15, -0.1) is 0 Å². The molecule has 1 saturated heterocycles. The Morgan fingerprint density at radius 1 is 1.28 bits per heavy atom. The number of likely N-dealkylation sites (tertiary alicyclic amines) is 1. The van der Waals surface area contributed by atoms with Crippen molar-refractivity contribution in [3.63, 3.8) is 0 Å². The van der Waals surface area contributed by atoms with Gasteiger partial charge in [-0.05, 0) is 31.8 Å². The Bertz CT molecular complexity index is 292. The van der Waals surface area contributed by atoms with Gasteiger partial charge in [0.1, 0.15) is 0 Å². The Morgan fingerprint density at radius 2 is 1.94 bits per heavy atom. The molecule has 1 atom stereocenters. The number of hydrogen-bond acceptors (Lipinski definition) is 3. The van der Waals surface area contributed by atoms with Gasteiger partial charge in [-0.1, -0.05) is 20.8 Å². The van der Waals surface area contributed by atoms with Gasteiger partial charge in [0.05, 0.1) is 0 Å². The van der Waals surface area contributed by atoms with Crippen LogP contribution in [0.3, 0.4) is 0 Å². The van der Waals surface area contributed by atoms with Crippen LogP contribution in [0, 0.1) is 5.92 Å². The second-order valence-electron chi connectivity index (χ2n) is 5.24. The van der Waals surface area contributed by atoms with E-state index in [2.05, 4.69) is 22.5 Å². The van der Waals surface area contributed by atoms with Crippen LogP contribution in [-0.2, 0) is 9.59 Å². The molecule has 2 N–H and O–H groups in total. The van der Waals surface area contributed by atoms with Gasteiger partial charge in [-0.3, -0.25) is 14.5 Å². The van der Waals surface area contributed by atoms with Crippen LogP contribution >= 0.6 is 0 Å². The lowest BCUT2D eigenvalue weighted by Crippen LogP contribution is -2.46. The summed E-state index contributed by atoms with van der Waals surface area (Å²) in [7, 11) is 0. The van der Waals surface area contributed by atoms with Crippen molar-refractivity contribution in [2.24, 2.45) is 5.92 Å². The van der Waals surface area contributed by atoms with Crippen molar-refractivity contribution in [3.8, 4) is 0 Å². The molecule has 1 aliphatic heterocycles. The maximum absolute atomic E-state index is 11.6. The van der Waals surface area contributed by atoms with E-state index >= 15 is 0 Å². The van der Waals surface area contributed by atoms with E-state index in [1.54, 1.807) is 0 Å². The van der Waals surface area contributed by atoms with E-state index in [4.69, 9.17) is 0 Å². The fraction of sp³-hybridized carbons (Fsp3) is 0.846. The molecule has 0 bridgehead atoms. The van der Waals surface area contributed by atoms with Gasteiger partial charge in [0.25, 0.3) is 0 Å². The third kappa shape index (κ3) is 4.64. The zero-order chi connectivity index (χ0) is 13.5. The van der Waals surface area contributed by atoms with Crippen LogP contribution in [0.25, 0.3) is 0 Å². The average Bonchev–Trinajstić information content (AvgIpc) is 2.80. The summed E-state index contributed by atoms with van der Waals surface area (Å²) >= 11 is 0. The fourth-order valence-corrected chi connectivity index (χ4v) is 2.21. The summed E-state index contributed by atoms with van der Waals surface area (Å²) in [6.07, 6.45) is 2.27. The summed E-state index contributed by atoms with van der Waals surface area (Å²) in [5.74, 6) is -0.685. The number of nitrogens with one attached hydrogen (secondary N) is 2. The van der Waals surface area contributed by atoms with Crippen molar-refractivity contribution in [1.82, 2.24) is 15.5 Å². The number of likely N-dealkylation sites (N-methyl/N-ethyl adjacent to an activating group) is 1. The Kier molecular flexibility index (Phi) is 6.12. The standard InChI is InChI=1S/C13H25N3O2/c1-4-16-7-5-6-11(16)9-15-13(18)12(17)14-8-10(2)3/h10-11H,4-9H2,1-3H3,(H,14,17)(H,15,18)/t11-/m1/s1. The van der Waals surface area contributed by atoms with Gasteiger partial charge in [0.15, 0.2) is 0 Å². The van der Waals surface area contributed by atoms with Crippen LogP contribution in [-0.4, -0.2) is 48.9 Å². The first-order valence-electron chi connectivity index (χ1n) is 6.84. The minimum Gasteiger partial charge on any atom is -0.348 e. The predicted molar refractivity (Wildman–Crippen MR) is 71.1 cm³/mol. The van der Waals surface area contributed by atoms with Crippen molar-refractivity contribution in [1.29, 1.82) is 0 Å². The topological polar surface area (TPSA) is 61.4 Å². The second-order valence-corrected chi connectivity index (χ2v) is 5.24. The Hall–Kier alpha value is -1.10. The van der Waals surface area contributed by atoms with E-state index in [0.29, 0.717) is 25.0 Å². The molecule has 1 heterocycles. The van der Waals surface area contributed by atoms with Crippen LogP contribution in [0.2, 0.25) is 0 Å². The maximum atomic E-state index is 11.6. The number of hydrogen-bond donors (Lipinski definition) is 2. The molecule has 0 aromatic heterocycles. The van der Waals surface area contributed by atoms with E-state index in [9.17, 15) is 9.59 Å². The van der Waals surface area contributed by atoms with Crippen LogP contribution in [0.4, 0.5) is 0 Å². The zero-order valence-electron chi connectivity index (χ0n) is 11.7. The summed E-state index contributed by atoms with van der Waals surface area (Å²) in [6.45, 7) is 9.32. The van der Waals surface area contributed by atoms with Crippen LogP contribution in [0.15, 0.2) is 0 Å². The number of carbonyl (C=O) groups is 2.